The first-order chi connectivity index (χ1) is 10.2. The number of hydrogen-bond acceptors (Lipinski definition) is 2. The van der Waals surface area contributed by atoms with E-state index in [-0.39, 0.29) is 0 Å². The summed E-state index contributed by atoms with van der Waals surface area (Å²) in [6.45, 7) is 7.55. The quantitative estimate of drug-likeness (QED) is 0.441. The van der Waals surface area contributed by atoms with Crippen molar-refractivity contribution in [2.24, 2.45) is 0 Å². The van der Waals surface area contributed by atoms with Crippen LogP contribution < -0.4 is 5.32 Å². The van der Waals surface area contributed by atoms with Crippen LogP contribution in [0.15, 0.2) is 16.5 Å². The molecule has 0 saturated heterocycles. The predicted molar refractivity (Wildman–Crippen MR) is 91.7 cm³/mol. The van der Waals surface area contributed by atoms with Crippen molar-refractivity contribution in [3.8, 4) is 0 Å². The third-order valence-corrected chi connectivity index (χ3v) is 4.17. The summed E-state index contributed by atoms with van der Waals surface area (Å²) in [4.78, 5) is 0. The molecule has 0 radical (unpaired) electrons. The first kappa shape index (κ1) is 18.3. The van der Waals surface area contributed by atoms with E-state index in [0.29, 0.717) is 6.04 Å². The van der Waals surface area contributed by atoms with E-state index in [1.807, 2.05) is 13.0 Å². The molecule has 0 bridgehead atoms. The summed E-state index contributed by atoms with van der Waals surface area (Å²) in [5.41, 5.74) is 0. The molecule has 1 rings (SSSR count). The molecule has 1 N–H and O–H groups in total. The van der Waals surface area contributed by atoms with Gasteiger partial charge in [-0.05, 0) is 38.9 Å². The lowest BCUT2D eigenvalue weighted by Gasteiger charge is -2.11. The van der Waals surface area contributed by atoms with Gasteiger partial charge in [0.15, 0.2) is 0 Å². The van der Waals surface area contributed by atoms with Crippen molar-refractivity contribution in [3.05, 3.63) is 23.7 Å². The van der Waals surface area contributed by atoms with Gasteiger partial charge in [0.05, 0.1) is 6.04 Å². The van der Waals surface area contributed by atoms with Gasteiger partial charge in [0.2, 0.25) is 0 Å². The van der Waals surface area contributed by atoms with Crippen LogP contribution in [0.25, 0.3) is 0 Å². The number of nitrogens with one attached hydrogen (secondary N) is 1. The third kappa shape index (κ3) is 8.98. The first-order valence-corrected chi connectivity index (χ1v) is 9.03. The SMILES string of the molecule is CCCCCCCCCCCCNC(C)c1ccc(C)o1. The maximum Gasteiger partial charge on any atom is 0.120 e. The van der Waals surface area contributed by atoms with Gasteiger partial charge < -0.3 is 9.73 Å². The van der Waals surface area contributed by atoms with Crippen LogP contribution in [-0.2, 0) is 0 Å². The highest BCUT2D eigenvalue weighted by Gasteiger charge is 2.07. The highest BCUT2D eigenvalue weighted by molar-refractivity contribution is 5.08. The van der Waals surface area contributed by atoms with Gasteiger partial charge in [-0.2, -0.15) is 0 Å². The lowest BCUT2D eigenvalue weighted by atomic mass is 10.1. The minimum Gasteiger partial charge on any atom is -0.465 e. The Morgan fingerprint density at radius 2 is 1.48 bits per heavy atom. The Balaban J connectivity index is 1.86. The van der Waals surface area contributed by atoms with Crippen LogP contribution in [0, 0.1) is 6.92 Å². The molecule has 1 unspecified atom stereocenters. The van der Waals surface area contributed by atoms with Gasteiger partial charge in [-0.15, -0.1) is 0 Å². The van der Waals surface area contributed by atoms with Crippen LogP contribution in [0.5, 0.6) is 0 Å². The third-order valence-electron chi connectivity index (χ3n) is 4.17. The Kier molecular flexibility index (Phi) is 10.3. The molecule has 1 atom stereocenters. The van der Waals surface area contributed by atoms with E-state index in [0.717, 1.165) is 18.1 Å². The first-order valence-electron chi connectivity index (χ1n) is 9.03. The minimum atomic E-state index is 0.331. The Hall–Kier alpha value is -0.760. The summed E-state index contributed by atoms with van der Waals surface area (Å²) >= 11 is 0. The van der Waals surface area contributed by atoms with Crippen LogP contribution in [0.4, 0.5) is 0 Å². The van der Waals surface area contributed by atoms with Gasteiger partial charge in [-0.3, -0.25) is 0 Å². The molecule has 2 heteroatoms. The molecule has 0 fully saturated rings. The van der Waals surface area contributed by atoms with E-state index < -0.39 is 0 Å². The van der Waals surface area contributed by atoms with Crippen molar-refractivity contribution in [2.75, 3.05) is 6.54 Å². The summed E-state index contributed by atoms with van der Waals surface area (Å²) < 4.78 is 5.63. The minimum absolute atomic E-state index is 0.331. The maximum absolute atomic E-state index is 5.63. The summed E-state index contributed by atoms with van der Waals surface area (Å²) in [5, 5.41) is 3.54. The van der Waals surface area contributed by atoms with Crippen LogP contribution in [0.1, 0.15) is 95.6 Å². The van der Waals surface area contributed by atoms with Gasteiger partial charge in [0.25, 0.3) is 0 Å². The van der Waals surface area contributed by atoms with Crippen molar-refractivity contribution >= 4 is 0 Å². The second kappa shape index (κ2) is 11.9. The molecular weight excluding hydrogens is 258 g/mol. The molecule has 21 heavy (non-hydrogen) atoms. The normalized spacial score (nSPS) is 12.7. The molecule has 122 valence electrons. The molecule has 2 nitrogen and oxygen atoms in total. The Morgan fingerprint density at radius 3 is 2.00 bits per heavy atom. The summed E-state index contributed by atoms with van der Waals surface area (Å²) in [5.74, 6) is 2.05. The monoisotopic (exact) mass is 293 g/mol. The van der Waals surface area contributed by atoms with Gasteiger partial charge in [0, 0.05) is 0 Å². The lowest BCUT2D eigenvalue weighted by molar-refractivity contribution is 0.412. The highest BCUT2D eigenvalue weighted by atomic mass is 16.3. The number of furan rings is 1. The summed E-state index contributed by atoms with van der Waals surface area (Å²) in [7, 11) is 0. The zero-order valence-corrected chi connectivity index (χ0v) is 14.4. The molecule has 1 aromatic heterocycles. The molecule has 0 saturated carbocycles. The van der Waals surface area contributed by atoms with E-state index in [1.54, 1.807) is 0 Å². The van der Waals surface area contributed by atoms with E-state index in [2.05, 4.69) is 25.2 Å². The van der Waals surface area contributed by atoms with Crippen LogP contribution in [-0.4, -0.2) is 6.54 Å². The molecule has 0 amide bonds. The van der Waals surface area contributed by atoms with Crippen LogP contribution in [0.3, 0.4) is 0 Å². The van der Waals surface area contributed by atoms with E-state index in [9.17, 15) is 0 Å². The standard InChI is InChI=1S/C19H35NO/c1-4-5-6-7-8-9-10-11-12-13-16-20-18(3)19-15-14-17(2)21-19/h14-15,18,20H,4-13,16H2,1-3H3. The molecule has 0 aliphatic heterocycles. The zero-order chi connectivity index (χ0) is 15.3. The molecule has 0 aromatic carbocycles. The smallest absolute Gasteiger partial charge is 0.120 e. The fourth-order valence-electron chi connectivity index (χ4n) is 2.72. The number of unbranched alkanes of at least 4 members (excludes halogenated alkanes) is 9. The topological polar surface area (TPSA) is 25.2 Å². The van der Waals surface area contributed by atoms with E-state index >= 15 is 0 Å². The molecule has 0 spiro atoms. The van der Waals surface area contributed by atoms with E-state index in [4.69, 9.17) is 4.42 Å². The Morgan fingerprint density at radius 1 is 0.905 bits per heavy atom. The lowest BCUT2D eigenvalue weighted by Crippen LogP contribution is -2.19. The van der Waals surface area contributed by atoms with Gasteiger partial charge >= 0.3 is 0 Å². The maximum atomic E-state index is 5.63. The van der Waals surface area contributed by atoms with Crippen molar-refractivity contribution in [2.45, 2.75) is 91.0 Å². The van der Waals surface area contributed by atoms with E-state index in [1.165, 1.54) is 64.2 Å². The van der Waals surface area contributed by atoms with Crippen molar-refractivity contribution < 1.29 is 4.42 Å². The van der Waals surface area contributed by atoms with Crippen molar-refractivity contribution in [3.63, 3.8) is 0 Å². The van der Waals surface area contributed by atoms with Gasteiger partial charge in [-0.25, -0.2) is 0 Å². The number of aryl methyl sites for hydroxylation is 1. The Bertz CT molecular complexity index is 345. The zero-order valence-electron chi connectivity index (χ0n) is 14.4. The fraction of sp³-hybridized carbons (Fsp3) is 0.789. The Labute approximate surface area is 131 Å². The second-order valence-corrected chi connectivity index (χ2v) is 6.31. The molecular formula is C19H35NO. The fourth-order valence-corrected chi connectivity index (χ4v) is 2.72. The second-order valence-electron chi connectivity index (χ2n) is 6.31. The van der Waals surface area contributed by atoms with Gasteiger partial charge in [-0.1, -0.05) is 64.7 Å². The van der Waals surface area contributed by atoms with Crippen LogP contribution >= 0.6 is 0 Å². The molecule has 0 aliphatic rings. The van der Waals surface area contributed by atoms with Crippen molar-refractivity contribution in [1.82, 2.24) is 5.32 Å². The molecule has 0 aliphatic carbocycles. The highest BCUT2D eigenvalue weighted by Crippen LogP contribution is 2.15. The number of rotatable bonds is 13. The summed E-state index contributed by atoms with van der Waals surface area (Å²) in [6, 6.07) is 4.44. The average molecular weight is 293 g/mol. The molecule has 1 heterocycles. The predicted octanol–water partition coefficient (Wildman–Crippen LogP) is 6.16. The number of hydrogen-bond donors (Lipinski definition) is 1. The summed E-state index contributed by atoms with van der Waals surface area (Å²) in [6.07, 6.45) is 13.9. The largest absolute Gasteiger partial charge is 0.465 e. The van der Waals surface area contributed by atoms with Gasteiger partial charge in [0.1, 0.15) is 11.5 Å². The molecule has 1 aromatic rings. The average Bonchev–Trinajstić information content (AvgIpc) is 2.91. The van der Waals surface area contributed by atoms with Crippen molar-refractivity contribution in [1.29, 1.82) is 0 Å². The van der Waals surface area contributed by atoms with Crippen LogP contribution in [0.2, 0.25) is 0 Å².